The Balaban J connectivity index is 1.54. The van der Waals surface area contributed by atoms with Gasteiger partial charge < -0.3 is 10.6 Å². The maximum Gasteiger partial charge on any atom is 0.250 e. The molecule has 1 saturated heterocycles. The van der Waals surface area contributed by atoms with E-state index in [1.165, 1.54) is 12.1 Å². The number of primary amides is 1. The standard InChI is InChI=1S/C23H23FN4O2/c24-18-6-7-20-17(11-18)12-19(23(25)30)22(27-20)16-4-2-10-28(14-16)21(29)8-5-15-3-1-9-26-13-15/h1,3,6-7,9,11-13,16H,2,4-5,8,10,14H2,(H2,25,30). The van der Waals surface area contributed by atoms with Gasteiger partial charge in [0.05, 0.1) is 16.8 Å². The van der Waals surface area contributed by atoms with Crippen molar-refractivity contribution in [2.45, 2.75) is 31.6 Å². The van der Waals surface area contributed by atoms with Gasteiger partial charge in [-0.25, -0.2) is 4.39 Å². The molecule has 1 aromatic carbocycles. The Morgan fingerprint density at radius 3 is 2.87 bits per heavy atom. The molecule has 0 spiro atoms. The van der Waals surface area contributed by atoms with Gasteiger partial charge >= 0.3 is 0 Å². The van der Waals surface area contributed by atoms with Gasteiger partial charge in [0.25, 0.3) is 5.91 Å². The van der Waals surface area contributed by atoms with Crippen LogP contribution in [0.1, 0.15) is 46.8 Å². The van der Waals surface area contributed by atoms with Crippen molar-refractivity contribution >= 4 is 22.7 Å². The summed E-state index contributed by atoms with van der Waals surface area (Å²) in [5.74, 6) is -0.996. The van der Waals surface area contributed by atoms with E-state index in [0.717, 1.165) is 18.4 Å². The van der Waals surface area contributed by atoms with Gasteiger partial charge in [0.15, 0.2) is 0 Å². The maximum absolute atomic E-state index is 13.6. The van der Waals surface area contributed by atoms with E-state index < -0.39 is 11.7 Å². The van der Waals surface area contributed by atoms with Gasteiger partial charge in [-0.3, -0.25) is 19.6 Å². The van der Waals surface area contributed by atoms with Crippen LogP contribution in [-0.4, -0.2) is 39.8 Å². The molecular weight excluding hydrogens is 383 g/mol. The van der Waals surface area contributed by atoms with Crippen LogP contribution in [0.3, 0.4) is 0 Å². The van der Waals surface area contributed by atoms with Crippen molar-refractivity contribution in [1.29, 1.82) is 0 Å². The van der Waals surface area contributed by atoms with Crippen LogP contribution in [0.15, 0.2) is 48.8 Å². The average molecular weight is 406 g/mol. The monoisotopic (exact) mass is 406 g/mol. The van der Waals surface area contributed by atoms with Crippen molar-refractivity contribution in [3.05, 3.63) is 71.4 Å². The van der Waals surface area contributed by atoms with E-state index in [9.17, 15) is 14.0 Å². The molecule has 6 nitrogen and oxygen atoms in total. The fraction of sp³-hybridized carbons (Fsp3) is 0.304. The topological polar surface area (TPSA) is 89.2 Å². The Morgan fingerprint density at radius 2 is 2.10 bits per heavy atom. The number of piperidine rings is 1. The second-order valence-corrected chi connectivity index (χ2v) is 7.66. The van der Waals surface area contributed by atoms with E-state index in [2.05, 4.69) is 9.97 Å². The Kier molecular flexibility index (Phi) is 5.70. The number of rotatable bonds is 5. The number of fused-ring (bicyclic) bond motifs is 1. The molecule has 0 aliphatic carbocycles. The molecule has 1 fully saturated rings. The highest BCUT2D eigenvalue weighted by molar-refractivity contribution is 5.97. The van der Waals surface area contributed by atoms with E-state index in [-0.39, 0.29) is 11.8 Å². The van der Waals surface area contributed by atoms with Crippen molar-refractivity contribution in [3.63, 3.8) is 0 Å². The fourth-order valence-electron chi connectivity index (χ4n) is 4.05. The van der Waals surface area contributed by atoms with Crippen molar-refractivity contribution in [3.8, 4) is 0 Å². The Labute approximate surface area is 173 Å². The molecule has 1 aliphatic heterocycles. The number of likely N-dealkylation sites (tertiary alicyclic amines) is 1. The van der Waals surface area contributed by atoms with Gasteiger partial charge in [-0.15, -0.1) is 0 Å². The van der Waals surface area contributed by atoms with Gasteiger partial charge in [0.2, 0.25) is 5.91 Å². The molecule has 0 radical (unpaired) electrons. The zero-order valence-electron chi connectivity index (χ0n) is 16.6. The van der Waals surface area contributed by atoms with Crippen LogP contribution in [0.4, 0.5) is 4.39 Å². The van der Waals surface area contributed by atoms with E-state index in [4.69, 9.17) is 5.73 Å². The summed E-state index contributed by atoms with van der Waals surface area (Å²) < 4.78 is 13.6. The van der Waals surface area contributed by atoms with Crippen molar-refractivity contribution < 1.29 is 14.0 Å². The lowest BCUT2D eigenvalue weighted by Gasteiger charge is -2.33. The quantitative estimate of drug-likeness (QED) is 0.705. The van der Waals surface area contributed by atoms with Crippen molar-refractivity contribution in [2.75, 3.05) is 13.1 Å². The van der Waals surface area contributed by atoms with Crippen molar-refractivity contribution in [1.82, 2.24) is 14.9 Å². The van der Waals surface area contributed by atoms with Gasteiger partial charge in [-0.2, -0.15) is 0 Å². The van der Waals surface area contributed by atoms with E-state index in [1.54, 1.807) is 24.5 Å². The van der Waals surface area contributed by atoms with Crippen LogP contribution in [0.2, 0.25) is 0 Å². The zero-order valence-corrected chi connectivity index (χ0v) is 16.6. The number of nitrogens with two attached hydrogens (primary N) is 1. The van der Waals surface area contributed by atoms with Crippen LogP contribution in [-0.2, 0) is 11.2 Å². The van der Waals surface area contributed by atoms with Crippen LogP contribution in [0, 0.1) is 5.82 Å². The average Bonchev–Trinajstić information content (AvgIpc) is 2.77. The number of carbonyl (C=O) groups excluding carboxylic acids is 2. The van der Waals surface area contributed by atoms with Crippen LogP contribution in [0.5, 0.6) is 0 Å². The maximum atomic E-state index is 13.6. The van der Waals surface area contributed by atoms with Crippen LogP contribution < -0.4 is 5.73 Å². The Morgan fingerprint density at radius 1 is 1.23 bits per heavy atom. The SMILES string of the molecule is NC(=O)c1cc2cc(F)ccc2nc1C1CCCN(C(=O)CCc2cccnc2)C1. The summed E-state index contributed by atoms with van der Waals surface area (Å²) >= 11 is 0. The highest BCUT2D eigenvalue weighted by atomic mass is 19.1. The number of hydrogen-bond donors (Lipinski definition) is 1. The molecule has 1 atom stereocenters. The molecule has 1 unspecified atom stereocenters. The van der Waals surface area contributed by atoms with E-state index in [0.29, 0.717) is 48.1 Å². The van der Waals surface area contributed by atoms with Gasteiger partial charge in [0, 0.05) is 43.2 Å². The number of aryl methyl sites for hydroxylation is 1. The first-order valence-corrected chi connectivity index (χ1v) is 10.1. The molecule has 0 saturated carbocycles. The number of hydrogen-bond acceptors (Lipinski definition) is 4. The normalized spacial score (nSPS) is 16.6. The second kappa shape index (κ2) is 8.57. The van der Waals surface area contributed by atoms with Crippen LogP contribution >= 0.6 is 0 Å². The third-order valence-corrected chi connectivity index (χ3v) is 5.58. The largest absolute Gasteiger partial charge is 0.366 e. The van der Waals surface area contributed by atoms with Gasteiger partial charge in [-0.1, -0.05) is 6.07 Å². The summed E-state index contributed by atoms with van der Waals surface area (Å²) in [5, 5.41) is 0.535. The molecule has 2 aromatic heterocycles. The molecular formula is C23H23FN4O2. The highest BCUT2D eigenvalue weighted by Gasteiger charge is 2.28. The number of nitrogens with zero attached hydrogens (tertiary/aromatic N) is 3. The summed E-state index contributed by atoms with van der Waals surface area (Å²) in [6, 6.07) is 9.70. The predicted octanol–water partition coefficient (Wildman–Crippen LogP) is 3.21. The molecule has 0 bridgehead atoms. The van der Waals surface area contributed by atoms with Crippen LogP contribution in [0.25, 0.3) is 10.9 Å². The molecule has 2 N–H and O–H groups in total. The number of carbonyl (C=O) groups is 2. The van der Waals surface area contributed by atoms with Gasteiger partial charge in [-0.05, 0) is 55.2 Å². The second-order valence-electron chi connectivity index (χ2n) is 7.66. The zero-order chi connectivity index (χ0) is 21.1. The van der Waals surface area contributed by atoms with E-state index in [1.807, 2.05) is 17.0 Å². The Bertz CT molecular complexity index is 1090. The predicted molar refractivity (Wildman–Crippen MR) is 111 cm³/mol. The number of aromatic nitrogens is 2. The number of pyridine rings is 2. The van der Waals surface area contributed by atoms with Crippen molar-refractivity contribution in [2.24, 2.45) is 5.73 Å². The molecule has 154 valence electrons. The molecule has 1 aliphatic rings. The number of benzene rings is 1. The third kappa shape index (κ3) is 4.30. The lowest BCUT2D eigenvalue weighted by molar-refractivity contribution is -0.132. The summed E-state index contributed by atoms with van der Waals surface area (Å²) in [4.78, 5) is 35.4. The lowest BCUT2D eigenvalue weighted by atomic mass is 9.90. The lowest BCUT2D eigenvalue weighted by Crippen LogP contribution is -2.40. The first kappa shape index (κ1) is 19.9. The summed E-state index contributed by atoms with van der Waals surface area (Å²) in [5.41, 5.74) is 8.12. The minimum atomic E-state index is -0.594. The molecule has 4 rings (SSSR count). The Hall–Kier alpha value is -3.35. The van der Waals surface area contributed by atoms with E-state index >= 15 is 0 Å². The summed E-state index contributed by atoms with van der Waals surface area (Å²) in [6.45, 7) is 1.18. The summed E-state index contributed by atoms with van der Waals surface area (Å²) in [7, 11) is 0. The minimum absolute atomic E-state index is 0.0760. The smallest absolute Gasteiger partial charge is 0.250 e. The molecule has 2 amide bonds. The molecule has 3 heterocycles. The fourth-order valence-corrected chi connectivity index (χ4v) is 4.05. The first-order valence-electron chi connectivity index (χ1n) is 10.1. The molecule has 3 aromatic rings. The number of amides is 2. The third-order valence-electron chi connectivity index (χ3n) is 5.58. The summed E-state index contributed by atoms with van der Waals surface area (Å²) in [6.07, 6.45) is 6.16. The molecule has 7 heteroatoms. The highest BCUT2D eigenvalue weighted by Crippen LogP contribution is 2.30. The minimum Gasteiger partial charge on any atom is -0.366 e. The number of halogens is 1. The molecule has 30 heavy (non-hydrogen) atoms. The van der Waals surface area contributed by atoms with Gasteiger partial charge in [0.1, 0.15) is 5.82 Å². The first-order chi connectivity index (χ1) is 14.5.